The maximum atomic E-state index is 6.05. The maximum Gasteiger partial charge on any atom is 0.156 e. The number of rotatable bonds is 0. The van der Waals surface area contributed by atoms with Gasteiger partial charge in [-0.15, -0.1) is 0 Å². The fourth-order valence-electron chi connectivity index (χ4n) is 3.38. The Hall–Kier alpha value is -0.900. The van der Waals surface area contributed by atoms with Crippen molar-refractivity contribution in [2.45, 2.75) is 23.4 Å². The summed E-state index contributed by atoms with van der Waals surface area (Å²) in [5, 5.41) is 0. The average molecular weight is 202 g/mol. The van der Waals surface area contributed by atoms with E-state index in [4.69, 9.17) is 14.2 Å². The molecule has 1 aromatic rings. The second kappa shape index (κ2) is 1.86. The van der Waals surface area contributed by atoms with Crippen LogP contribution in [0.3, 0.4) is 0 Å². The van der Waals surface area contributed by atoms with Gasteiger partial charge in [0.2, 0.25) is 0 Å². The minimum Gasteiger partial charge on any atom is -0.363 e. The Morgan fingerprint density at radius 2 is 1.40 bits per heavy atom. The Morgan fingerprint density at radius 3 is 1.80 bits per heavy atom. The van der Waals surface area contributed by atoms with Crippen LogP contribution in [0, 0.1) is 0 Å². The third-order valence-corrected chi connectivity index (χ3v) is 4.31. The molecule has 76 valence electrons. The predicted molar refractivity (Wildman–Crippen MR) is 50.4 cm³/mol. The van der Waals surface area contributed by atoms with Crippen LogP contribution in [0.25, 0.3) is 0 Å². The molecule has 4 aliphatic heterocycles. The van der Waals surface area contributed by atoms with Gasteiger partial charge in [-0.05, 0) is 11.1 Å². The van der Waals surface area contributed by atoms with Gasteiger partial charge in [0.15, 0.2) is 11.2 Å². The van der Waals surface area contributed by atoms with E-state index in [1.807, 2.05) is 0 Å². The molecule has 0 amide bonds. The summed E-state index contributed by atoms with van der Waals surface area (Å²) in [5.74, 6) is 0. The van der Waals surface area contributed by atoms with Gasteiger partial charge < -0.3 is 14.2 Å². The van der Waals surface area contributed by atoms with Crippen LogP contribution in [0.1, 0.15) is 23.3 Å². The molecule has 4 aliphatic rings. The van der Waals surface area contributed by atoms with Crippen LogP contribution in [0.15, 0.2) is 24.3 Å². The highest BCUT2D eigenvalue weighted by Gasteiger charge is 2.84. The van der Waals surface area contributed by atoms with E-state index < -0.39 is 0 Å². The van der Waals surface area contributed by atoms with Crippen molar-refractivity contribution in [2.75, 3.05) is 13.2 Å². The van der Waals surface area contributed by atoms with Gasteiger partial charge >= 0.3 is 0 Å². The molecule has 2 bridgehead atoms. The molecular weight excluding hydrogens is 192 g/mol. The van der Waals surface area contributed by atoms with Crippen molar-refractivity contribution >= 4 is 0 Å². The number of epoxide rings is 2. The fraction of sp³-hybridized carbons (Fsp3) is 0.500. The minimum absolute atomic E-state index is 0.112. The van der Waals surface area contributed by atoms with Gasteiger partial charge in [0.05, 0.1) is 13.2 Å². The molecule has 0 unspecified atom stereocenters. The van der Waals surface area contributed by atoms with Crippen molar-refractivity contribution in [1.29, 1.82) is 0 Å². The molecule has 3 heteroatoms. The first kappa shape index (κ1) is 7.39. The first-order valence-corrected chi connectivity index (χ1v) is 5.40. The number of ether oxygens (including phenoxy) is 3. The summed E-state index contributed by atoms with van der Waals surface area (Å²) >= 11 is 0. The Kier molecular flexibility index (Phi) is 0.917. The van der Waals surface area contributed by atoms with Gasteiger partial charge in [-0.2, -0.15) is 0 Å². The highest BCUT2D eigenvalue weighted by atomic mass is 16.7. The molecule has 0 N–H and O–H groups in total. The lowest BCUT2D eigenvalue weighted by Gasteiger charge is -2.23. The van der Waals surface area contributed by atoms with Crippen LogP contribution in [0.4, 0.5) is 0 Å². The van der Waals surface area contributed by atoms with Crippen molar-refractivity contribution in [2.24, 2.45) is 0 Å². The Bertz CT molecular complexity index is 431. The molecule has 15 heavy (non-hydrogen) atoms. The number of hydrogen-bond donors (Lipinski definition) is 0. The van der Waals surface area contributed by atoms with Gasteiger partial charge in [-0.25, -0.2) is 0 Å². The molecule has 3 fully saturated rings. The fourth-order valence-corrected chi connectivity index (χ4v) is 3.38. The van der Waals surface area contributed by atoms with Gasteiger partial charge in [0, 0.05) is 0 Å². The van der Waals surface area contributed by atoms with E-state index in [1.54, 1.807) is 0 Å². The maximum absolute atomic E-state index is 6.05. The molecule has 1 aromatic carbocycles. The number of hydrogen-bond acceptors (Lipinski definition) is 3. The standard InChI is InChI=1S/C12H10O3/c1-2-4-8-7(3-1)9-11(5-13-11)12(6-14-12)10(8)15-9/h1-4,9-10H,5-6H2/t9-,10+,11+,12-. The zero-order valence-electron chi connectivity index (χ0n) is 8.10. The monoisotopic (exact) mass is 202 g/mol. The molecular formula is C12H10O3. The topological polar surface area (TPSA) is 34.3 Å². The van der Waals surface area contributed by atoms with E-state index in [0.29, 0.717) is 0 Å². The van der Waals surface area contributed by atoms with E-state index in [1.165, 1.54) is 11.1 Å². The van der Waals surface area contributed by atoms with Gasteiger partial charge in [-0.1, -0.05) is 24.3 Å². The summed E-state index contributed by atoms with van der Waals surface area (Å²) in [5.41, 5.74) is 2.35. The van der Waals surface area contributed by atoms with Gasteiger partial charge in [0.25, 0.3) is 0 Å². The van der Waals surface area contributed by atoms with Crippen LogP contribution in [-0.4, -0.2) is 24.4 Å². The largest absolute Gasteiger partial charge is 0.363 e. The third-order valence-electron chi connectivity index (χ3n) is 4.31. The summed E-state index contributed by atoms with van der Waals surface area (Å²) < 4.78 is 17.4. The lowest BCUT2D eigenvalue weighted by Crippen LogP contribution is -2.38. The second-order valence-corrected chi connectivity index (χ2v) is 4.88. The Morgan fingerprint density at radius 1 is 0.933 bits per heavy atom. The van der Waals surface area contributed by atoms with Crippen LogP contribution < -0.4 is 0 Å². The highest BCUT2D eigenvalue weighted by Crippen LogP contribution is 2.72. The summed E-state index contributed by atoms with van der Waals surface area (Å²) in [6.45, 7) is 1.59. The quantitative estimate of drug-likeness (QED) is 0.595. The normalized spacial score (nSPS) is 52.5. The highest BCUT2D eigenvalue weighted by molar-refractivity contribution is 5.49. The molecule has 0 radical (unpaired) electrons. The van der Waals surface area contributed by atoms with E-state index in [-0.39, 0.29) is 23.4 Å². The van der Waals surface area contributed by atoms with E-state index in [2.05, 4.69) is 24.3 Å². The molecule has 3 saturated heterocycles. The zero-order chi connectivity index (χ0) is 9.67. The van der Waals surface area contributed by atoms with Crippen molar-refractivity contribution in [3.63, 3.8) is 0 Å². The van der Waals surface area contributed by atoms with Crippen molar-refractivity contribution < 1.29 is 14.2 Å². The first-order chi connectivity index (χ1) is 7.37. The molecule has 5 rings (SSSR count). The first-order valence-electron chi connectivity index (χ1n) is 5.40. The molecule has 0 aromatic heterocycles. The molecule has 3 nitrogen and oxygen atoms in total. The Balaban J connectivity index is 1.82. The molecule has 4 atom stereocenters. The molecule has 0 saturated carbocycles. The predicted octanol–water partition coefficient (Wildman–Crippen LogP) is 1.35. The summed E-state index contributed by atoms with van der Waals surface area (Å²) in [6.07, 6.45) is 0.224. The third kappa shape index (κ3) is 0.572. The van der Waals surface area contributed by atoms with Crippen molar-refractivity contribution in [3.05, 3.63) is 35.4 Å². The van der Waals surface area contributed by atoms with Crippen LogP contribution in [0.5, 0.6) is 0 Å². The smallest absolute Gasteiger partial charge is 0.156 e. The summed E-state index contributed by atoms with van der Waals surface area (Å²) in [7, 11) is 0. The molecule has 2 spiro atoms. The lowest BCUT2D eigenvalue weighted by molar-refractivity contribution is 0.0460. The van der Waals surface area contributed by atoms with Crippen LogP contribution in [-0.2, 0) is 14.2 Å². The van der Waals surface area contributed by atoms with Crippen LogP contribution in [0.2, 0.25) is 0 Å². The lowest BCUT2D eigenvalue weighted by atomic mass is 9.76. The average Bonchev–Trinajstić information content (AvgIpc) is 3.13. The zero-order valence-corrected chi connectivity index (χ0v) is 8.10. The van der Waals surface area contributed by atoms with E-state index >= 15 is 0 Å². The summed E-state index contributed by atoms with van der Waals surface area (Å²) in [6, 6.07) is 8.44. The van der Waals surface area contributed by atoms with Gasteiger partial charge in [0.1, 0.15) is 12.2 Å². The van der Waals surface area contributed by atoms with Crippen molar-refractivity contribution in [1.82, 2.24) is 0 Å². The minimum atomic E-state index is -0.133. The van der Waals surface area contributed by atoms with E-state index in [0.717, 1.165) is 13.2 Å². The van der Waals surface area contributed by atoms with Crippen molar-refractivity contribution in [3.8, 4) is 0 Å². The SMILES string of the molecule is c1ccc2c(c1)[C@H]1O[C@@H]2[C@]2(CO2)[C@]12CO2. The van der Waals surface area contributed by atoms with E-state index in [9.17, 15) is 0 Å². The second-order valence-electron chi connectivity index (χ2n) is 4.88. The van der Waals surface area contributed by atoms with Crippen LogP contribution >= 0.6 is 0 Å². The number of benzene rings is 1. The summed E-state index contributed by atoms with van der Waals surface area (Å²) in [4.78, 5) is 0. The van der Waals surface area contributed by atoms with Gasteiger partial charge in [-0.3, -0.25) is 0 Å². The molecule has 4 heterocycles. The number of fused-ring (bicyclic) bond motifs is 8. The molecule has 0 aliphatic carbocycles. The Labute approximate surface area is 86.9 Å².